The van der Waals surface area contributed by atoms with Crippen LogP contribution >= 0.6 is 11.3 Å². The fourth-order valence-electron chi connectivity index (χ4n) is 12.1. The van der Waals surface area contributed by atoms with Crippen LogP contribution in [0.25, 0.3) is 91.9 Å². The fourth-order valence-corrected chi connectivity index (χ4v) is 13.3. The van der Waals surface area contributed by atoms with Gasteiger partial charge in [-0.15, -0.1) is 11.3 Å². The van der Waals surface area contributed by atoms with Gasteiger partial charge in [0, 0.05) is 69.8 Å². The lowest BCUT2D eigenvalue weighted by Crippen LogP contribution is -2.60. The molecule has 64 heavy (non-hydrogen) atoms. The maximum Gasteiger partial charge on any atom is 0.333 e. The highest BCUT2D eigenvalue weighted by Crippen LogP contribution is 2.57. The number of benzene rings is 8. The molecule has 0 radical (unpaired) electrons. The lowest BCUT2D eigenvalue weighted by Gasteiger charge is -2.43. The van der Waals surface area contributed by atoms with Crippen molar-refractivity contribution < 1.29 is 4.42 Å². The van der Waals surface area contributed by atoms with Crippen molar-refractivity contribution in [3.05, 3.63) is 162 Å². The summed E-state index contributed by atoms with van der Waals surface area (Å²) in [7, 11) is 0. The van der Waals surface area contributed by atoms with E-state index in [0.29, 0.717) is 0 Å². The largest absolute Gasteiger partial charge is 0.456 e. The molecule has 0 saturated heterocycles. The van der Waals surface area contributed by atoms with Gasteiger partial charge in [-0.1, -0.05) is 134 Å². The van der Waals surface area contributed by atoms with Gasteiger partial charge in [0.05, 0.1) is 11.0 Å². The van der Waals surface area contributed by atoms with Crippen LogP contribution in [0.4, 0.5) is 11.4 Å². The molecule has 0 amide bonds. The molecule has 11 aromatic rings. The molecule has 0 N–H and O–H groups in total. The van der Waals surface area contributed by atoms with E-state index in [2.05, 4.69) is 204 Å². The van der Waals surface area contributed by atoms with Gasteiger partial charge in [0.2, 0.25) is 0 Å². The predicted molar refractivity (Wildman–Crippen MR) is 275 cm³/mol. The summed E-state index contributed by atoms with van der Waals surface area (Å²) in [6.07, 6.45) is 0. The van der Waals surface area contributed by atoms with E-state index in [4.69, 9.17) is 4.42 Å². The van der Waals surface area contributed by atoms with E-state index >= 15 is 0 Å². The minimum Gasteiger partial charge on any atom is -0.456 e. The zero-order valence-corrected chi connectivity index (χ0v) is 38.4. The second-order valence-electron chi connectivity index (χ2n) is 21.3. The van der Waals surface area contributed by atoms with E-state index in [1.54, 1.807) is 0 Å². The lowest BCUT2D eigenvalue weighted by molar-refractivity contribution is 0.590. The Morgan fingerprint density at radius 3 is 2.08 bits per heavy atom. The molecule has 3 nitrogen and oxygen atoms in total. The Morgan fingerprint density at radius 2 is 1.28 bits per heavy atom. The van der Waals surface area contributed by atoms with Crippen LogP contribution < -0.4 is 15.7 Å². The Bertz CT molecular complexity index is 3900. The molecular weight excluding hydrogens is 796 g/mol. The maximum atomic E-state index is 6.82. The van der Waals surface area contributed by atoms with Gasteiger partial charge in [0.15, 0.2) is 0 Å². The number of rotatable bonds is 1. The number of hydrogen-bond donors (Lipinski definition) is 0. The first-order chi connectivity index (χ1) is 30.8. The Kier molecular flexibility index (Phi) is 6.89. The summed E-state index contributed by atoms with van der Waals surface area (Å²) in [5.41, 5.74) is 21.4. The number of anilines is 2. The summed E-state index contributed by atoms with van der Waals surface area (Å²) in [6, 6.07) is 53.6. The highest BCUT2D eigenvalue weighted by atomic mass is 32.1. The molecule has 8 aromatic carbocycles. The van der Waals surface area contributed by atoms with Crippen LogP contribution in [0.1, 0.15) is 77.6 Å². The molecule has 5 heterocycles. The van der Waals surface area contributed by atoms with Crippen molar-refractivity contribution in [2.45, 2.75) is 71.6 Å². The number of furan rings is 1. The van der Waals surface area contributed by atoms with Crippen molar-refractivity contribution in [2.75, 3.05) is 4.81 Å². The van der Waals surface area contributed by atoms with Crippen LogP contribution in [0.15, 0.2) is 144 Å². The summed E-state index contributed by atoms with van der Waals surface area (Å²) >= 11 is 1.97. The Balaban J connectivity index is 1.23. The number of para-hydroxylation sites is 1. The number of hydrogen-bond acceptors (Lipinski definition) is 3. The zero-order chi connectivity index (χ0) is 43.3. The third-order valence-corrected chi connectivity index (χ3v) is 16.5. The van der Waals surface area contributed by atoms with Crippen molar-refractivity contribution in [3.8, 4) is 27.9 Å². The van der Waals surface area contributed by atoms with Crippen molar-refractivity contribution in [2.24, 2.45) is 0 Å². The highest BCUT2D eigenvalue weighted by molar-refractivity contribution is 7.27. The smallest absolute Gasteiger partial charge is 0.333 e. The molecular formula is C59H47BN2OS. The molecule has 0 spiro atoms. The molecule has 5 heteroatoms. The number of thiophene rings is 1. The summed E-state index contributed by atoms with van der Waals surface area (Å²) in [6.45, 7) is 18.6. The minimum atomic E-state index is -0.161. The maximum absolute atomic E-state index is 6.82. The SMILES string of the molecule is CC(C)(C)c1ccc(N2B3c4cc5oc6ccccc6c5cc4-n4c5ccc(C(C)(C)C)cc5c5c6sc7ccccc7c6c(c3c54)-c3cc4c(cc32)-c2ccccc2C4(C)C)cc1. The monoisotopic (exact) mass is 842 g/mol. The van der Waals surface area contributed by atoms with Crippen molar-refractivity contribution >= 4 is 104 Å². The van der Waals surface area contributed by atoms with E-state index in [1.807, 2.05) is 11.3 Å². The van der Waals surface area contributed by atoms with Gasteiger partial charge in [0.1, 0.15) is 11.2 Å². The second kappa shape index (κ2) is 12.0. The number of aromatic nitrogens is 1. The lowest BCUT2D eigenvalue weighted by atomic mass is 9.43. The van der Waals surface area contributed by atoms with E-state index in [-0.39, 0.29) is 23.1 Å². The first-order valence-corrected chi connectivity index (χ1v) is 23.7. The Morgan fingerprint density at radius 1 is 0.562 bits per heavy atom. The van der Waals surface area contributed by atoms with Crippen LogP contribution in [0.3, 0.4) is 0 Å². The molecule has 0 fully saturated rings. The van der Waals surface area contributed by atoms with Crippen LogP contribution in [0, 0.1) is 0 Å². The molecule has 1 aliphatic carbocycles. The molecule has 308 valence electrons. The molecule has 0 unspecified atom stereocenters. The van der Waals surface area contributed by atoms with Crippen molar-refractivity contribution in [1.29, 1.82) is 0 Å². The minimum absolute atomic E-state index is 0.0156. The molecule has 0 bridgehead atoms. The quantitative estimate of drug-likeness (QED) is 0.154. The van der Waals surface area contributed by atoms with Gasteiger partial charge in [-0.3, -0.25) is 0 Å². The summed E-state index contributed by atoms with van der Waals surface area (Å²) in [5, 5.41) is 7.69. The normalized spacial score (nSPS) is 14.9. The Labute approximate surface area is 377 Å². The molecule has 0 atom stereocenters. The van der Waals surface area contributed by atoms with Crippen molar-refractivity contribution in [3.63, 3.8) is 0 Å². The average molecular weight is 843 g/mol. The third kappa shape index (κ3) is 4.58. The number of nitrogens with zero attached hydrogens (tertiary/aromatic N) is 2. The third-order valence-electron chi connectivity index (χ3n) is 15.3. The average Bonchev–Trinajstić information content (AvgIpc) is 4.01. The van der Waals surface area contributed by atoms with Gasteiger partial charge < -0.3 is 13.8 Å². The first kappa shape index (κ1) is 36.9. The highest BCUT2D eigenvalue weighted by Gasteiger charge is 2.48. The molecule has 3 aliphatic rings. The van der Waals surface area contributed by atoms with Crippen LogP contribution in [0.5, 0.6) is 0 Å². The van der Waals surface area contributed by atoms with Crippen LogP contribution in [-0.2, 0) is 16.2 Å². The molecule has 3 aromatic heterocycles. The van der Waals surface area contributed by atoms with Gasteiger partial charge in [-0.25, -0.2) is 0 Å². The molecule has 14 rings (SSSR count). The zero-order valence-electron chi connectivity index (χ0n) is 37.6. The van der Waals surface area contributed by atoms with E-state index in [1.165, 1.54) is 114 Å². The fraction of sp³-hybridized carbons (Fsp3) is 0.186. The van der Waals surface area contributed by atoms with Crippen LogP contribution in [0.2, 0.25) is 0 Å². The standard InChI is InChI=1S/C59H47BN2OS/c1-57(2,3)32-21-24-34(25-22-32)62-46-29-38-35-15-9-12-18-42(35)59(7,8)43(38)28-41(46)51-52-37-17-11-14-20-50(37)64-56(52)53-40-27-33(58(4,5)6)23-26-45(40)61-47-30-39-36-16-10-13-19-48(36)63-49(39)31-44(47)60(62)54(51)55(53)61/h9-31H,1-8H3. The first-order valence-electron chi connectivity index (χ1n) is 22.9. The predicted octanol–water partition coefficient (Wildman–Crippen LogP) is 15.2. The molecule has 2 aliphatic heterocycles. The van der Waals surface area contributed by atoms with Gasteiger partial charge >= 0.3 is 6.85 Å². The Hall–Kier alpha value is -6.56. The second-order valence-corrected chi connectivity index (χ2v) is 22.3. The summed E-state index contributed by atoms with van der Waals surface area (Å²) in [5.74, 6) is 0. The summed E-state index contributed by atoms with van der Waals surface area (Å²) in [4.78, 5) is 2.70. The number of fused-ring (bicyclic) bond motifs is 19. The van der Waals surface area contributed by atoms with Gasteiger partial charge in [-0.2, -0.15) is 0 Å². The van der Waals surface area contributed by atoms with Crippen molar-refractivity contribution in [1.82, 2.24) is 4.57 Å². The van der Waals surface area contributed by atoms with E-state index < -0.39 is 0 Å². The van der Waals surface area contributed by atoms with Gasteiger partial charge in [-0.05, 0) is 121 Å². The topological polar surface area (TPSA) is 21.3 Å². The van der Waals surface area contributed by atoms with E-state index in [0.717, 1.165) is 21.9 Å². The molecule has 0 saturated carbocycles. The van der Waals surface area contributed by atoms with Gasteiger partial charge in [0.25, 0.3) is 0 Å². The summed E-state index contributed by atoms with van der Waals surface area (Å²) < 4.78 is 12.2. The van der Waals surface area contributed by atoms with E-state index in [9.17, 15) is 0 Å². The van der Waals surface area contributed by atoms with Crippen LogP contribution in [-0.4, -0.2) is 11.4 Å².